The summed E-state index contributed by atoms with van der Waals surface area (Å²) in [5.41, 5.74) is 2.67. The molecule has 1 aromatic rings. The fourth-order valence-corrected chi connectivity index (χ4v) is 3.57. The molecule has 0 bridgehead atoms. The van der Waals surface area contributed by atoms with Crippen molar-refractivity contribution in [2.75, 3.05) is 32.4 Å². The van der Waals surface area contributed by atoms with Gasteiger partial charge in [0.2, 0.25) is 10.0 Å². The second-order valence-electron chi connectivity index (χ2n) is 6.28. The van der Waals surface area contributed by atoms with E-state index in [0.29, 0.717) is 13.1 Å². The first-order valence-electron chi connectivity index (χ1n) is 7.61. The molecule has 1 aliphatic rings. The van der Waals surface area contributed by atoms with Crippen LogP contribution in [0.2, 0.25) is 0 Å². The molecule has 7 heteroatoms. The number of piperidine rings is 1. The van der Waals surface area contributed by atoms with Crippen LogP contribution in [0.1, 0.15) is 34.6 Å². The average Bonchev–Trinajstić information content (AvgIpc) is 2.75. The van der Waals surface area contributed by atoms with Gasteiger partial charge in [0.25, 0.3) is 0 Å². The summed E-state index contributed by atoms with van der Waals surface area (Å²) < 4.78 is 24.9. The summed E-state index contributed by atoms with van der Waals surface area (Å²) in [6, 6.07) is 1.89. The number of hydrogen-bond acceptors (Lipinski definition) is 4. The molecule has 0 aliphatic carbocycles. The number of carbonyl (C=O) groups excluding carboxylic acids is 1. The summed E-state index contributed by atoms with van der Waals surface area (Å²) >= 11 is 0. The highest BCUT2D eigenvalue weighted by Crippen LogP contribution is 2.17. The van der Waals surface area contributed by atoms with Crippen LogP contribution in [-0.2, 0) is 10.0 Å². The zero-order valence-electron chi connectivity index (χ0n) is 13.5. The van der Waals surface area contributed by atoms with E-state index in [1.54, 1.807) is 0 Å². The van der Waals surface area contributed by atoms with Gasteiger partial charge in [-0.15, -0.1) is 0 Å². The van der Waals surface area contributed by atoms with E-state index in [1.807, 2.05) is 19.9 Å². The highest BCUT2D eigenvalue weighted by molar-refractivity contribution is 7.88. The minimum Gasteiger partial charge on any atom is -0.362 e. The molecule has 1 atom stereocenters. The van der Waals surface area contributed by atoms with Gasteiger partial charge in [-0.2, -0.15) is 0 Å². The Balaban J connectivity index is 1.90. The van der Waals surface area contributed by atoms with Crippen LogP contribution < -0.4 is 4.72 Å². The molecular formula is C15H25N3O3S. The summed E-state index contributed by atoms with van der Waals surface area (Å²) in [7, 11) is -3.15. The van der Waals surface area contributed by atoms with E-state index in [9.17, 15) is 13.2 Å². The normalized spacial score (nSPS) is 20.2. The molecule has 124 valence electrons. The molecule has 0 aromatic carbocycles. The summed E-state index contributed by atoms with van der Waals surface area (Å²) in [5.74, 6) is 0.393. The smallest absolute Gasteiger partial charge is 0.208 e. The fourth-order valence-electron chi connectivity index (χ4n) is 3.03. The van der Waals surface area contributed by atoms with Crippen molar-refractivity contribution in [3.63, 3.8) is 0 Å². The Morgan fingerprint density at radius 1 is 1.45 bits per heavy atom. The molecule has 0 radical (unpaired) electrons. The van der Waals surface area contributed by atoms with Crippen LogP contribution >= 0.6 is 0 Å². The fraction of sp³-hybridized carbons (Fsp3) is 0.667. The minimum atomic E-state index is -3.15. The molecule has 2 N–H and O–H groups in total. The number of nitrogens with one attached hydrogen (secondary N) is 2. The molecule has 22 heavy (non-hydrogen) atoms. The molecule has 0 unspecified atom stereocenters. The van der Waals surface area contributed by atoms with Crippen molar-refractivity contribution in [3.05, 3.63) is 23.0 Å². The molecule has 1 aliphatic heterocycles. The molecule has 2 heterocycles. The van der Waals surface area contributed by atoms with Crippen molar-refractivity contribution < 1.29 is 13.2 Å². The van der Waals surface area contributed by atoms with Crippen LogP contribution in [0.25, 0.3) is 0 Å². The van der Waals surface area contributed by atoms with E-state index < -0.39 is 10.0 Å². The molecule has 0 amide bonds. The monoisotopic (exact) mass is 327 g/mol. The number of aromatic nitrogens is 1. The van der Waals surface area contributed by atoms with Crippen LogP contribution in [0.4, 0.5) is 0 Å². The van der Waals surface area contributed by atoms with Gasteiger partial charge in [0.15, 0.2) is 5.78 Å². The molecule has 0 saturated carbocycles. The largest absolute Gasteiger partial charge is 0.362 e. The minimum absolute atomic E-state index is 0.124. The Bertz CT molecular complexity index is 636. The van der Waals surface area contributed by atoms with Crippen molar-refractivity contribution in [1.29, 1.82) is 0 Å². The molecule has 1 aromatic heterocycles. The van der Waals surface area contributed by atoms with Crippen LogP contribution in [0.5, 0.6) is 0 Å². The number of ketones is 1. The predicted molar refractivity (Wildman–Crippen MR) is 86.6 cm³/mol. The molecule has 1 saturated heterocycles. The van der Waals surface area contributed by atoms with Crippen molar-refractivity contribution in [2.45, 2.75) is 26.7 Å². The van der Waals surface area contributed by atoms with Gasteiger partial charge in [0.1, 0.15) is 0 Å². The molecular weight excluding hydrogens is 302 g/mol. The number of aryl methyl sites for hydroxylation is 2. The number of carbonyl (C=O) groups is 1. The molecule has 1 fully saturated rings. The number of aromatic amines is 1. The van der Waals surface area contributed by atoms with Gasteiger partial charge >= 0.3 is 0 Å². The first-order chi connectivity index (χ1) is 10.2. The number of likely N-dealkylation sites (tertiary alicyclic amines) is 1. The molecule has 2 rings (SSSR count). The Labute approximate surface area is 132 Å². The highest BCUT2D eigenvalue weighted by Gasteiger charge is 2.23. The summed E-state index contributed by atoms with van der Waals surface area (Å²) in [6.45, 7) is 6.35. The second-order valence-corrected chi connectivity index (χ2v) is 8.11. The van der Waals surface area contributed by atoms with Crippen LogP contribution in [0.3, 0.4) is 0 Å². The highest BCUT2D eigenvalue weighted by atomic mass is 32.2. The Kier molecular flexibility index (Phi) is 5.41. The Morgan fingerprint density at radius 2 is 2.18 bits per heavy atom. The van der Waals surface area contributed by atoms with Crippen LogP contribution in [0, 0.1) is 19.8 Å². The number of H-pyrrole nitrogens is 1. The van der Waals surface area contributed by atoms with Crippen LogP contribution in [0.15, 0.2) is 6.07 Å². The first-order valence-corrected chi connectivity index (χ1v) is 9.50. The average molecular weight is 327 g/mol. The van der Waals surface area contributed by atoms with Gasteiger partial charge in [-0.1, -0.05) is 0 Å². The predicted octanol–water partition coefficient (Wildman–Crippen LogP) is 1.08. The van der Waals surface area contributed by atoms with Gasteiger partial charge in [0, 0.05) is 30.0 Å². The Morgan fingerprint density at radius 3 is 2.77 bits per heavy atom. The van der Waals surface area contributed by atoms with E-state index in [-0.39, 0.29) is 11.7 Å². The van der Waals surface area contributed by atoms with Crippen molar-refractivity contribution in [3.8, 4) is 0 Å². The second kappa shape index (κ2) is 6.93. The zero-order chi connectivity index (χ0) is 16.3. The SMILES string of the molecule is Cc1cc(C(=O)CN2CCC[C@@H](CNS(C)(=O)=O)C2)c(C)[nH]1. The third-order valence-electron chi connectivity index (χ3n) is 4.05. The summed E-state index contributed by atoms with van der Waals surface area (Å²) in [6.07, 6.45) is 3.16. The maximum Gasteiger partial charge on any atom is 0.208 e. The molecule has 0 spiro atoms. The lowest BCUT2D eigenvalue weighted by Crippen LogP contribution is -2.42. The number of rotatable bonds is 6. The van der Waals surface area contributed by atoms with E-state index >= 15 is 0 Å². The lowest BCUT2D eigenvalue weighted by atomic mass is 9.98. The third-order valence-corrected chi connectivity index (χ3v) is 4.75. The standard InChI is InChI=1S/C15H25N3O3S/c1-11-7-14(12(2)17-11)15(19)10-18-6-4-5-13(9-18)8-16-22(3,20)21/h7,13,16-17H,4-6,8-10H2,1-3H3/t13-/m0/s1. The number of hydrogen-bond donors (Lipinski definition) is 2. The van der Waals surface area contributed by atoms with E-state index in [0.717, 1.165) is 42.9 Å². The van der Waals surface area contributed by atoms with E-state index in [2.05, 4.69) is 14.6 Å². The molecule has 6 nitrogen and oxygen atoms in total. The van der Waals surface area contributed by atoms with E-state index in [1.165, 1.54) is 6.26 Å². The van der Waals surface area contributed by atoms with Crippen molar-refractivity contribution >= 4 is 15.8 Å². The number of Topliss-reactive ketones (excluding diaryl/α,β-unsaturated/α-hetero) is 1. The van der Waals surface area contributed by atoms with Gasteiger partial charge < -0.3 is 4.98 Å². The van der Waals surface area contributed by atoms with Gasteiger partial charge in [-0.3, -0.25) is 9.69 Å². The topological polar surface area (TPSA) is 82.3 Å². The van der Waals surface area contributed by atoms with Gasteiger partial charge in [-0.05, 0) is 45.2 Å². The van der Waals surface area contributed by atoms with Crippen molar-refractivity contribution in [2.24, 2.45) is 5.92 Å². The summed E-state index contributed by atoms with van der Waals surface area (Å²) in [5, 5.41) is 0. The number of sulfonamides is 1. The number of nitrogens with zero attached hydrogens (tertiary/aromatic N) is 1. The quantitative estimate of drug-likeness (QED) is 0.766. The summed E-state index contributed by atoms with van der Waals surface area (Å²) in [4.78, 5) is 17.7. The third kappa shape index (κ3) is 4.93. The maximum absolute atomic E-state index is 12.4. The van der Waals surface area contributed by atoms with Gasteiger partial charge in [0.05, 0.1) is 12.8 Å². The lowest BCUT2D eigenvalue weighted by molar-refractivity contribution is 0.0887. The lowest BCUT2D eigenvalue weighted by Gasteiger charge is -2.32. The first kappa shape index (κ1) is 17.2. The van der Waals surface area contributed by atoms with Crippen molar-refractivity contribution in [1.82, 2.24) is 14.6 Å². The Hall–Kier alpha value is -1.18. The maximum atomic E-state index is 12.4. The van der Waals surface area contributed by atoms with Gasteiger partial charge in [-0.25, -0.2) is 13.1 Å². The zero-order valence-corrected chi connectivity index (χ0v) is 14.3. The van der Waals surface area contributed by atoms with Crippen LogP contribution in [-0.4, -0.2) is 56.5 Å². The van der Waals surface area contributed by atoms with E-state index in [4.69, 9.17) is 0 Å².